The zero-order valence-corrected chi connectivity index (χ0v) is 15.9. The first-order chi connectivity index (χ1) is 11.0. The summed E-state index contributed by atoms with van der Waals surface area (Å²) in [6.07, 6.45) is 5.68. The van der Waals surface area contributed by atoms with Crippen molar-refractivity contribution in [1.29, 1.82) is 0 Å². The van der Waals surface area contributed by atoms with Gasteiger partial charge < -0.3 is 10.6 Å². The Balaban J connectivity index is 1.70. The minimum absolute atomic E-state index is 0.318. The van der Waals surface area contributed by atoms with Gasteiger partial charge in [-0.25, -0.2) is 13.1 Å². The van der Waals surface area contributed by atoms with Crippen molar-refractivity contribution in [3.8, 4) is 0 Å². The Kier molecular flexibility index (Phi) is 7.19. The Hall–Kier alpha value is -0.770. The summed E-state index contributed by atoms with van der Waals surface area (Å²) in [5.41, 5.74) is 0. The van der Waals surface area contributed by atoms with E-state index in [0.29, 0.717) is 23.3 Å². The van der Waals surface area contributed by atoms with Gasteiger partial charge in [0.05, 0.1) is 0 Å². The van der Waals surface area contributed by atoms with E-state index in [4.69, 9.17) is 0 Å². The van der Waals surface area contributed by atoms with E-state index in [1.165, 1.54) is 17.8 Å². The zero-order valence-electron chi connectivity index (χ0n) is 13.4. The molecule has 1 fully saturated rings. The number of thioether (sulfide) groups is 1. The van der Waals surface area contributed by atoms with Crippen molar-refractivity contribution in [2.45, 2.75) is 34.8 Å². The Bertz CT molecular complexity index is 602. The van der Waals surface area contributed by atoms with Crippen molar-refractivity contribution in [3.05, 3.63) is 17.5 Å². The summed E-state index contributed by atoms with van der Waals surface area (Å²) in [6, 6.07) is 3.78. The highest BCUT2D eigenvalue weighted by Crippen LogP contribution is 2.27. The average molecular weight is 377 g/mol. The first kappa shape index (κ1) is 18.6. The molecular weight excluding hydrogens is 352 g/mol. The van der Waals surface area contributed by atoms with Crippen molar-refractivity contribution >= 4 is 39.1 Å². The summed E-state index contributed by atoms with van der Waals surface area (Å²) >= 11 is 3.13. The van der Waals surface area contributed by atoms with E-state index in [0.717, 1.165) is 24.1 Å². The Labute approximate surface area is 146 Å². The van der Waals surface area contributed by atoms with Gasteiger partial charge in [0, 0.05) is 31.4 Å². The number of sulfonamides is 1. The lowest BCUT2D eigenvalue weighted by Crippen LogP contribution is -2.45. The molecule has 2 atom stereocenters. The molecule has 130 valence electrons. The maximum atomic E-state index is 12.0. The summed E-state index contributed by atoms with van der Waals surface area (Å²) in [6.45, 7) is 0.808. The van der Waals surface area contributed by atoms with Gasteiger partial charge in [0.2, 0.25) is 10.0 Å². The average Bonchev–Trinajstić information content (AvgIpc) is 3.21. The minimum Gasteiger partial charge on any atom is -0.355 e. The molecule has 0 spiro atoms. The molecule has 23 heavy (non-hydrogen) atoms. The number of rotatable bonds is 7. The highest BCUT2D eigenvalue weighted by Gasteiger charge is 2.24. The molecule has 0 saturated heterocycles. The van der Waals surface area contributed by atoms with Gasteiger partial charge in [0.1, 0.15) is 4.21 Å². The van der Waals surface area contributed by atoms with E-state index in [1.807, 2.05) is 11.8 Å². The molecule has 0 bridgehead atoms. The number of hydrogen-bond acceptors (Lipinski definition) is 5. The van der Waals surface area contributed by atoms with Gasteiger partial charge in [-0.05, 0) is 37.0 Å². The summed E-state index contributed by atoms with van der Waals surface area (Å²) in [5, 5.41) is 9.04. The second kappa shape index (κ2) is 8.91. The molecule has 3 N–H and O–H groups in total. The van der Waals surface area contributed by atoms with Gasteiger partial charge in [0.15, 0.2) is 5.96 Å². The number of guanidine groups is 1. The molecule has 2 rings (SSSR count). The lowest BCUT2D eigenvalue weighted by molar-refractivity contribution is 0.580. The van der Waals surface area contributed by atoms with E-state index in [9.17, 15) is 8.42 Å². The second-order valence-corrected chi connectivity index (χ2v) is 9.42. The van der Waals surface area contributed by atoms with E-state index in [-0.39, 0.29) is 0 Å². The van der Waals surface area contributed by atoms with Crippen LogP contribution in [0.25, 0.3) is 0 Å². The molecule has 1 aliphatic rings. The quantitative estimate of drug-likeness (QED) is 0.381. The molecule has 0 aliphatic heterocycles. The predicted molar refractivity (Wildman–Crippen MR) is 98.9 cm³/mol. The third-order valence-corrected chi connectivity index (χ3v) is 7.71. The molecule has 0 amide bonds. The Morgan fingerprint density at radius 1 is 1.43 bits per heavy atom. The SMILES string of the molecule is CN=C(NCCNS(=O)(=O)c1cccs1)NC1CCC(SC)C1. The number of thiophene rings is 1. The number of hydrogen-bond donors (Lipinski definition) is 3. The molecule has 9 heteroatoms. The molecule has 2 unspecified atom stereocenters. The van der Waals surface area contributed by atoms with Gasteiger partial charge in [-0.3, -0.25) is 4.99 Å². The van der Waals surface area contributed by atoms with Crippen LogP contribution in [-0.2, 0) is 10.0 Å². The summed E-state index contributed by atoms with van der Waals surface area (Å²) in [5.74, 6) is 0.729. The Morgan fingerprint density at radius 3 is 2.87 bits per heavy atom. The van der Waals surface area contributed by atoms with Crippen LogP contribution < -0.4 is 15.4 Å². The largest absolute Gasteiger partial charge is 0.355 e. The lowest BCUT2D eigenvalue weighted by atomic mass is 10.2. The fraction of sp³-hybridized carbons (Fsp3) is 0.643. The third-order valence-electron chi connectivity index (χ3n) is 3.75. The molecule has 1 aromatic rings. The third kappa shape index (κ3) is 5.66. The van der Waals surface area contributed by atoms with Crippen LogP contribution in [0.15, 0.2) is 26.7 Å². The summed E-state index contributed by atoms with van der Waals surface area (Å²) in [4.78, 5) is 4.20. The number of aliphatic imine (C=N–C) groups is 1. The van der Waals surface area contributed by atoms with E-state index in [2.05, 4.69) is 26.6 Å². The van der Waals surface area contributed by atoms with Crippen LogP contribution in [0.2, 0.25) is 0 Å². The van der Waals surface area contributed by atoms with Gasteiger partial charge >= 0.3 is 0 Å². The van der Waals surface area contributed by atoms with Gasteiger partial charge in [-0.15, -0.1) is 11.3 Å². The van der Waals surface area contributed by atoms with Crippen molar-refractivity contribution < 1.29 is 8.42 Å². The normalized spacial score (nSPS) is 22.3. The van der Waals surface area contributed by atoms with Gasteiger partial charge in [-0.2, -0.15) is 11.8 Å². The fourth-order valence-electron chi connectivity index (χ4n) is 2.53. The molecular formula is C14H24N4O2S3. The van der Waals surface area contributed by atoms with Crippen LogP contribution in [0.4, 0.5) is 0 Å². The van der Waals surface area contributed by atoms with E-state index >= 15 is 0 Å². The van der Waals surface area contributed by atoms with Crippen molar-refractivity contribution in [3.63, 3.8) is 0 Å². The van der Waals surface area contributed by atoms with Crippen LogP contribution in [0.3, 0.4) is 0 Å². The predicted octanol–water partition coefficient (Wildman–Crippen LogP) is 1.48. The molecule has 0 aromatic carbocycles. The van der Waals surface area contributed by atoms with Gasteiger partial charge in [0.25, 0.3) is 0 Å². The van der Waals surface area contributed by atoms with Crippen molar-refractivity contribution in [2.75, 3.05) is 26.4 Å². The summed E-state index contributed by atoms with van der Waals surface area (Å²) in [7, 11) is -1.66. The minimum atomic E-state index is -3.39. The molecule has 1 aliphatic carbocycles. The highest BCUT2D eigenvalue weighted by molar-refractivity contribution is 7.99. The molecule has 6 nitrogen and oxygen atoms in total. The van der Waals surface area contributed by atoms with Crippen molar-refractivity contribution in [1.82, 2.24) is 15.4 Å². The van der Waals surface area contributed by atoms with E-state index in [1.54, 1.807) is 24.6 Å². The molecule has 0 radical (unpaired) electrons. The maximum absolute atomic E-state index is 12.0. The fourth-order valence-corrected chi connectivity index (χ4v) is 5.39. The molecule has 1 aromatic heterocycles. The van der Waals surface area contributed by atoms with E-state index < -0.39 is 10.0 Å². The van der Waals surface area contributed by atoms with Crippen LogP contribution in [0.5, 0.6) is 0 Å². The van der Waals surface area contributed by atoms with Crippen LogP contribution in [0.1, 0.15) is 19.3 Å². The number of nitrogens with zero attached hydrogens (tertiary/aromatic N) is 1. The summed E-state index contributed by atoms with van der Waals surface area (Å²) < 4.78 is 26.9. The zero-order chi connectivity index (χ0) is 16.7. The molecule has 1 saturated carbocycles. The lowest BCUT2D eigenvalue weighted by Gasteiger charge is -2.17. The monoisotopic (exact) mass is 376 g/mol. The first-order valence-electron chi connectivity index (χ1n) is 7.58. The molecule has 1 heterocycles. The Morgan fingerprint density at radius 2 is 2.26 bits per heavy atom. The first-order valence-corrected chi connectivity index (χ1v) is 11.2. The smallest absolute Gasteiger partial charge is 0.250 e. The van der Waals surface area contributed by atoms with Crippen molar-refractivity contribution in [2.24, 2.45) is 4.99 Å². The topological polar surface area (TPSA) is 82.6 Å². The van der Waals surface area contributed by atoms with Crippen LogP contribution >= 0.6 is 23.1 Å². The van der Waals surface area contributed by atoms with Gasteiger partial charge in [-0.1, -0.05) is 6.07 Å². The number of nitrogens with one attached hydrogen (secondary N) is 3. The van der Waals surface area contributed by atoms with Crippen LogP contribution in [0, 0.1) is 0 Å². The standard InChI is InChI=1S/C14H24N4O2S3/c1-15-14(18-11-5-6-12(10-11)21-2)16-7-8-17-23(19,20)13-4-3-9-22-13/h3-4,9,11-12,17H,5-8,10H2,1-2H3,(H2,15,16,18). The highest BCUT2D eigenvalue weighted by atomic mass is 32.2. The maximum Gasteiger partial charge on any atom is 0.250 e. The van der Waals surface area contributed by atoms with Crippen LogP contribution in [-0.4, -0.2) is 52.1 Å². The second-order valence-electron chi connectivity index (χ2n) is 5.34.